The number of carbonyl (C=O) groups excluding carboxylic acids is 2. The van der Waals surface area contributed by atoms with Gasteiger partial charge < -0.3 is 5.32 Å². The van der Waals surface area contributed by atoms with Gasteiger partial charge in [-0.3, -0.25) is 10.1 Å². The highest BCUT2D eigenvalue weighted by Gasteiger charge is 2.19. The van der Waals surface area contributed by atoms with Gasteiger partial charge in [-0.1, -0.05) is 11.8 Å². The second-order valence-corrected chi connectivity index (χ2v) is 5.18. The van der Waals surface area contributed by atoms with Gasteiger partial charge in [-0.2, -0.15) is 4.98 Å². The maximum absolute atomic E-state index is 11.8. The van der Waals surface area contributed by atoms with Crippen LogP contribution in [0.15, 0.2) is 23.6 Å². The van der Waals surface area contributed by atoms with Crippen molar-refractivity contribution in [3.05, 3.63) is 18.5 Å². The normalized spacial score (nSPS) is 12.1. The van der Waals surface area contributed by atoms with E-state index in [0.29, 0.717) is 17.5 Å². The molecule has 0 fully saturated rings. The number of hydrogen-bond acceptors (Lipinski definition) is 6. The third-order valence-corrected chi connectivity index (χ3v) is 3.27. The van der Waals surface area contributed by atoms with Gasteiger partial charge >= 0.3 is 6.03 Å². The van der Waals surface area contributed by atoms with E-state index in [2.05, 4.69) is 25.7 Å². The number of rotatable bonds is 4. The van der Waals surface area contributed by atoms with Gasteiger partial charge in [0.1, 0.15) is 0 Å². The number of fused-ring (bicyclic) bond motifs is 1. The van der Waals surface area contributed by atoms with Gasteiger partial charge in [-0.05, 0) is 19.9 Å². The molecule has 1 unspecified atom stereocenters. The molecule has 3 amide bonds. The van der Waals surface area contributed by atoms with Crippen molar-refractivity contribution < 1.29 is 9.59 Å². The lowest BCUT2D eigenvalue weighted by Gasteiger charge is -2.09. The van der Waals surface area contributed by atoms with Crippen LogP contribution in [-0.2, 0) is 4.79 Å². The summed E-state index contributed by atoms with van der Waals surface area (Å²) in [4.78, 5) is 31.2. The van der Waals surface area contributed by atoms with Crippen LogP contribution in [0.4, 0.5) is 4.79 Å². The molecule has 0 radical (unpaired) electrons. The van der Waals surface area contributed by atoms with Gasteiger partial charge in [0.15, 0.2) is 0 Å². The molecule has 8 nitrogen and oxygen atoms in total. The Morgan fingerprint density at radius 1 is 1.50 bits per heavy atom. The summed E-state index contributed by atoms with van der Waals surface area (Å²) in [5.74, 6) is 0.0686. The fraction of sp³-hybridized carbons (Fsp3) is 0.364. The molecule has 0 aromatic carbocycles. The number of urea groups is 1. The quantitative estimate of drug-likeness (QED) is 0.794. The van der Waals surface area contributed by atoms with Gasteiger partial charge in [0.05, 0.1) is 5.25 Å². The van der Waals surface area contributed by atoms with Crippen molar-refractivity contribution in [2.45, 2.75) is 24.3 Å². The fourth-order valence-corrected chi connectivity index (χ4v) is 2.15. The van der Waals surface area contributed by atoms with Gasteiger partial charge in [0.25, 0.3) is 5.78 Å². The Morgan fingerprint density at radius 3 is 3.00 bits per heavy atom. The van der Waals surface area contributed by atoms with Crippen LogP contribution >= 0.6 is 11.8 Å². The molecule has 106 valence electrons. The fourth-order valence-electron chi connectivity index (χ4n) is 1.39. The summed E-state index contributed by atoms with van der Waals surface area (Å²) in [6, 6.07) is 1.23. The van der Waals surface area contributed by atoms with E-state index in [1.807, 2.05) is 0 Å². The first kappa shape index (κ1) is 14.3. The van der Waals surface area contributed by atoms with Crippen molar-refractivity contribution in [1.29, 1.82) is 0 Å². The largest absolute Gasteiger partial charge is 0.338 e. The topological polar surface area (TPSA) is 101 Å². The lowest BCUT2D eigenvalue weighted by molar-refractivity contribution is -0.119. The molecular weight excluding hydrogens is 280 g/mol. The van der Waals surface area contributed by atoms with E-state index in [1.54, 1.807) is 32.3 Å². The van der Waals surface area contributed by atoms with E-state index in [4.69, 9.17) is 0 Å². The van der Waals surface area contributed by atoms with Crippen LogP contribution in [0.3, 0.4) is 0 Å². The highest BCUT2D eigenvalue weighted by Crippen LogP contribution is 2.19. The highest BCUT2D eigenvalue weighted by molar-refractivity contribution is 8.00. The van der Waals surface area contributed by atoms with E-state index >= 15 is 0 Å². The molecule has 0 spiro atoms. The first-order chi connectivity index (χ1) is 9.60. The van der Waals surface area contributed by atoms with Crippen LogP contribution in [0.1, 0.15) is 13.8 Å². The predicted molar refractivity (Wildman–Crippen MR) is 73.3 cm³/mol. The van der Waals surface area contributed by atoms with Crippen molar-refractivity contribution in [3.8, 4) is 0 Å². The van der Waals surface area contributed by atoms with Gasteiger partial charge in [-0.25, -0.2) is 14.3 Å². The van der Waals surface area contributed by atoms with Crippen LogP contribution in [0.25, 0.3) is 5.78 Å². The van der Waals surface area contributed by atoms with E-state index in [9.17, 15) is 9.59 Å². The molecule has 2 aromatic heterocycles. The minimum Gasteiger partial charge on any atom is -0.338 e. The van der Waals surface area contributed by atoms with Crippen LogP contribution in [0, 0.1) is 0 Å². The highest BCUT2D eigenvalue weighted by atomic mass is 32.2. The number of aromatic nitrogens is 4. The Bertz CT molecular complexity index is 595. The minimum absolute atomic E-state index is 0.396. The number of amides is 3. The van der Waals surface area contributed by atoms with Gasteiger partial charge in [0.2, 0.25) is 11.1 Å². The number of hydrogen-bond donors (Lipinski definition) is 2. The molecule has 9 heteroatoms. The van der Waals surface area contributed by atoms with Crippen molar-refractivity contribution in [3.63, 3.8) is 0 Å². The Balaban J connectivity index is 1.98. The molecule has 0 bridgehead atoms. The Morgan fingerprint density at radius 2 is 2.30 bits per heavy atom. The number of nitrogens with zero attached hydrogens (tertiary/aromatic N) is 4. The third-order valence-electron chi connectivity index (χ3n) is 2.32. The zero-order chi connectivity index (χ0) is 14.5. The van der Waals surface area contributed by atoms with Crippen molar-refractivity contribution in [2.75, 3.05) is 6.54 Å². The second kappa shape index (κ2) is 6.33. The first-order valence-corrected chi connectivity index (χ1v) is 6.91. The molecule has 2 N–H and O–H groups in total. The van der Waals surface area contributed by atoms with E-state index < -0.39 is 17.2 Å². The SMILES string of the molecule is CCNC(=O)NC(=O)C(C)Sc1nc2ncccn2n1. The maximum Gasteiger partial charge on any atom is 0.321 e. The molecule has 0 saturated carbocycles. The van der Waals surface area contributed by atoms with Gasteiger partial charge in [0, 0.05) is 18.9 Å². The van der Waals surface area contributed by atoms with Crippen molar-refractivity contribution in [2.24, 2.45) is 0 Å². The summed E-state index contributed by atoms with van der Waals surface area (Å²) in [5, 5.41) is 8.86. The van der Waals surface area contributed by atoms with E-state index in [0.717, 1.165) is 11.8 Å². The molecule has 2 aromatic rings. The average molecular weight is 294 g/mol. The monoisotopic (exact) mass is 294 g/mol. The summed E-state index contributed by atoms with van der Waals surface area (Å²) >= 11 is 1.16. The molecular formula is C11H14N6O2S. The van der Waals surface area contributed by atoms with Crippen molar-refractivity contribution >= 4 is 29.5 Å². The number of nitrogens with one attached hydrogen (secondary N) is 2. The van der Waals surface area contributed by atoms with Crippen LogP contribution in [0.2, 0.25) is 0 Å². The summed E-state index contributed by atoms with van der Waals surface area (Å²) < 4.78 is 1.52. The first-order valence-electron chi connectivity index (χ1n) is 6.03. The van der Waals surface area contributed by atoms with Crippen LogP contribution < -0.4 is 10.6 Å². The smallest absolute Gasteiger partial charge is 0.321 e. The molecule has 1 atom stereocenters. The van der Waals surface area contributed by atoms with Gasteiger partial charge in [-0.15, -0.1) is 5.10 Å². The van der Waals surface area contributed by atoms with Crippen LogP contribution in [-0.4, -0.2) is 43.3 Å². The number of imide groups is 1. The summed E-state index contributed by atoms with van der Waals surface area (Å²) in [5.41, 5.74) is 0. The Labute approximate surface area is 119 Å². The maximum atomic E-state index is 11.8. The lowest BCUT2D eigenvalue weighted by Crippen LogP contribution is -2.42. The summed E-state index contributed by atoms with van der Waals surface area (Å²) in [7, 11) is 0. The Kier molecular flexibility index (Phi) is 4.51. The van der Waals surface area contributed by atoms with Crippen LogP contribution in [0.5, 0.6) is 0 Å². The number of carbonyl (C=O) groups is 2. The zero-order valence-electron chi connectivity index (χ0n) is 11.0. The molecule has 2 rings (SSSR count). The molecule has 0 aliphatic carbocycles. The van der Waals surface area contributed by atoms with E-state index in [1.165, 1.54) is 4.52 Å². The van der Waals surface area contributed by atoms with Crippen molar-refractivity contribution in [1.82, 2.24) is 30.2 Å². The molecule has 0 aliphatic heterocycles. The third kappa shape index (κ3) is 3.44. The molecule has 0 saturated heterocycles. The van der Waals surface area contributed by atoms with E-state index in [-0.39, 0.29) is 0 Å². The minimum atomic E-state index is -0.505. The Hall–Kier alpha value is -2.16. The average Bonchev–Trinajstić information content (AvgIpc) is 2.80. The summed E-state index contributed by atoms with van der Waals surface area (Å²) in [6.45, 7) is 3.91. The lowest BCUT2D eigenvalue weighted by atomic mass is 10.4. The number of thioether (sulfide) groups is 1. The summed E-state index contributed by atoms with van der Waals surface area (Å²) in [6.07, 6.45) is 3.34. The standard InChI is InChI=1S/C11H14N6O2S/c1-3-12-10(19)14-8(18)7(2)20-11-15-9-13-5-4-6-17(9)16-11/h4-7H,3H2,1-2H3,(H2,12,14,18,19). The second-order valence-electron chi connectivity index (χ2n) is 3.87. The molecule has 20 heavy (non-hydrogen) atoms. The molecule has 2 heterocycles. The zero-order valence-corrected chi connectivity index (χ0v) is 11.8. The molecule has 0 aliphatic rings. The predicted octanol–water partition coefficient (Wildman–Crippen LogP) is 0.451.